The van der Waals surface area contributed by atoms with Crippen molar-refractivity contribution < 1.29 is 33.7 Å². The highest BCUT2D eigenvalue weighted by atomic mass is 32.2. The van der Waals surface area contributed by atoms with Crippen LogP contribution in [0.5, 0.6) is 0 Å². The molecule has 70 heavy (non-hydrogen) atoms. The Kier molecular flexibility index (Phi) is 10.4. The van der Waals surface area contributed by atoms with Gasteiger partial charge in [0.25, 0.3) is 0 Å². The summed E-state index contributed by atoms with van der Waals surface area (Å²) in [5.74, 6) is 0. The van der Waals surface area contributed by atoms with Crippen LogP contribution in [0.4, 0.5) is 34.1 Å². The van der Waals surface area contributed by atoms with Gasteiger partial charge >= 0.3 is 0 Å². The number of fused-ring (bicyclic) bond motifs is 7. The van der Waals surface area contributed by atoms with E-state index in [0.717, 1.165) is 12.1 Å². The number of quaternary nitrogens is 2. The summed E-state index contributed by atoms with van der Waals surface area (Å²) in [5, 5.41) is 32.9. The third-order valence-electron chi connectivity index (χ3n) is 12.8. The van der Waals surface area contributed by atoms with Gasteiger partial charge in [0.15, 0.2) is 22.7 Å². The van der Waals surface area contributed by atoms with Gasteiger partial charge in [-0.25, -0.2) is 33.7 Å². The molecule has 0 aromatic heterocycles. The van der Waals surface area contributed by atoms with Crippen LogP contribution >= 0.6 is 0 Å². The molecule has 0 spiro atoms. The number of nitrogens with zero attached hydrogens (tertiary/aromatic N) is 2. The monoisotopic (exact) mass is 1000 g/mol. The summed E-state index contributed by atoms with van der Waals surface area (Å²) in [6, 6.07) is 52.5. The normalized spacial score (nSPS) is 17.3. The summed E-state index contributed by atoms with van der Waals surface area (Å²) >= 11 is 0. The molecule has 12 nitrogen and oxygen atoms in total. The summed E-state index contributed by atoms with van der Waals surface area (Å²) < 4.78 is 112. The third kappa shape index (κ3) is 6.68. The summed E-state index contributed by atoms with van der Waals surface area (Å²) in [6.07, 6.45) is 0. The maximum absolute atomic E-state index is 16.4. The fraction of sp³-hybridized carbons (Fsp3) is 0. The van der Waals surface area contributed by atoms with Crippen LogP contribution in [-0.4, -0.2) is 33.7 Å². The van der Waals surface area contributed by atoms with Crippen LogP contribution in [0.25, 0.3) is 22.3 Å². The summed E-state index contributed by atoms with van der Waals surface area (Å²) in [6.45, 7) is 0. The third-order valence-corrected chi connectivity index (χ3v) is 19.8. The Bertz CT molecular complexity index is 3650. The molecule has 0 saturated carbocycles. The second-order valence-electron chi connectivity index (χ2n) is 16.7. The lowest BCUT2D eigenvalue weighted by atomic mass is 9.94. The van der Waals surface area contributed by atoms with Crippen molar-refractivity contribution in [1.82, 2.24) is 9.29 Å². The Morgan fingerprint density at radius 1 is 0.257 bits per heavy atom. The molecule has 0 N–H and O–H groups in total. The average molecular weight is 1000 g/mol. The van der Waals surface area contributed by atoms with Gasteiger partial charge in [0.1, 0.15) is 11.4 Å². The molecule has 11 rings (SSSR count). The highest BCUT2D eigenvalue weighted by Crippen LogP contribution is 2.67. The molecule has 0 bridgehead atoms. The average Bonchev–Trinajstić information content (AvgIpc) is 3.82. The van der Waals surface area contributed by atoms with Crippen molar-refractivity contribution in [1.29, 1.82) is 0 Å². The Labute approximate surface area is 404 Å². The zero-order valence-electron chi connectivity index (χ0n) is 36.4. The first-order chi connectivity index (χ1) is 33.5. The Morgan fingerprint density at radius 2 is 0.500 bits per heavy atom. The molecule has 0 amide bonds. The topological polar surface area (TPSA) is 183 Å². The first kappa shape index (κ1) is 45.1. The maximum Gasteiger partial charge on any atom is 0.206 e. The molecule has 9 aromatic rings. The zero-order valence-corrected chi connectivity index (χ0v) is 39.7. The molecule has 0 fully saturated rings. The molecular weight excluding hydrogens is 965 g/mol. The van der Waals surface area contributed by atoms with Crippen molar-refractivity contribution >= 4 is 73.5 Å². The van der Waals surface area contributed by atoms with E-state index < -0.39 is 68.2 Å². The predicted octanol–water partition coefficient (Wildman–Crippen LogP) is 11.9. The summed E-state index contributed by atoms with van der Waals surface area (Å²) in [5.41, 5.74) is 0.950. The standard InChI is InChI=1S/C54H36N2O10S4/c57-55(37-31-43(67(59,60)39-17-5-1-6-18-39)35-44(32-37)68(61,62)40-19-7-2-8-20-40)49-27-15-13-25-47(49)53-51(55)29-30-52-54(53)48-26-14-16-28-50(48)56(52,58)38-33-45(69(63,64)41-21-9-3-10-22-41)36-46(34-38)70(65,66)42-23-11-4-12-24-42/h1-36H. The highest BCUT2D eigenvalue weighted by Gasteiger charge is 2.49. The van der Waals surface area contributed by atoms with Crippen molar-refractivity contribution in [3.63, 3.8) is 0 Å². The van der Waals surface area contributed by atoms with Crippen LogP contribution in [0, 0.1) is 10.4 Å². The number of hydrogen-bond donors (Lipinski definition) is 0. The van der Waals surface area contributed by atoms with Gasteiger partial charge < -0.3 is 10.4 Å². The van der Waals surface area contributed by atoms with E-state index in [4.69, 9.17) is 0 Å². The molecule has 0 aliphatic carbocycles. The van der Waals surface area contributed by atoms with E-state index in [2.05, 4.69) is 0 Å². The minimum absolute atomic E-state index is 0.0215. The Balaban J connectivity index is 1.18. The van der Waals surface area contributed by atoms with Crippen molar-refractivity contribution in [3.05, 3.63) is 229 Å². The molecule has 9 aromatic carbocycles. The minimum atomic E-state index is -4.44. The first-order valence-corrected chi connectivity index (χ1v) is 27.5. The highest BCUT2D eigenvalue weighted by molar-refractivity contribution is 7.93. The van der Waals surface area contributed by atoms with Crippen molar-refractivity contribution in [3.8, 4) is 22.3 Å². The van der Waals surface area contributed by atoms with Gasteiger partial charge in [-0.1, -0.05) is 97.1 Å². The van der Waals surface area contributed by atoms with Gasteiger partial charge in [-0.3, -0.25) is 9.29 Å². The smallest absolute Gasteiger partial charge is 0.206 e. The van der Waals surface area contributed by atoms with E-state index in [1.165, 1.54) is 133 Å². The molecular formula is C54H36N2O10S4. The minimum Gasteiger partial charge on any atom is -0.616 e. The van der Waals surface area contributed by atoms with E-state index in [-0.39, 0.29) is 64.8 Å². The molecule has 346 valence electrons. The lowest BCUT2D eigenvalue weighted by Gasteiger charge is -2.40. The molecule has 2 aliphatic heterocycles. The fourth-order valence-corrected chi connectivity index (χ4v) is 15.0. The van der Waals surface area contributed by atoms with Crippen LogP contribution in [0.15, 0.2) is 258 Å². The van der Waals surface area contributed by atoms with Gasteiger partial charge in [-0.05, 0) is 72.8 Å². The quantitative estimate of drug-likeness (QED) is 0.0944. The molecule has 2 heterocycles. The molecule has 2 atom stereocenters. The Morgan fingerprint density at radius 3 is 0.771 bits per heavy atom. The molecule has 16 heteroatoms. The Hall–Kier alpha value is -7.38. The van der Waals surface area contributed by atoms with Crippen LogP contribution in [0.2, 0.25) is 0 Å². The number of rotatable bonds is 10. The number of hydrogen-bond acceptors (Lipinski definition) is 10. The van der Waals surface area contributed by atoms with Crippen LogP contribution in [-0.2, 0) is 39.3 Å². The fourth-order valence-electron chi connectivity index (χ4n) is 9.43. The van der Waals surface area contributed by atoms with Crippen molar-refractivity contribution in [2.24, 2.45) is 0 Å². The van der Waals surface area contributed by atoms with Crippen LogP contribution in [0.3, 0.4) is 0 Å². The molecule has 0 saturated heterocycles. The van der Waals surface area contributed by atoms with Gasteiger partial charge in [0, 0.05) is 48.5 Å². The second kappa shape index (κ2) is 16.1. The number of benzene rings is 9. The van der Waals surface area contributed by atoms with E-state index in [9.17, 15) is 33.7 Å². The maximum atomic E-state index is 16.4. The SMILES string of the molecule is O=S(=O)(c1ccccc1)c1cc([N+]2([O-])c3ccccc3-c3c2ccc2c3-c3ccccc3[N+]2([O-])c2cc(S(=O)(=O)c3ccccc3)cc(S(=O)(=O)c3ccccc3)c2)cc(S(=O)(=O)c2ccccc2)c1. The van der Waals surface area contributed by atoms with Gasteiger partial charge in [-0.15, -0.1) is 0 Å². The van der Waals surface area contributed by atoms with Gasteiger partial charge in [0.05, 0.1) is 61.4 Å². The summed E-state index contributed by atoms with van der Waals surface area (Å²) in [4.78, 5) is -2.31. The number of sulfone groups is 4. The molecule has 2 unspecified atom stereocenters. The lowest BCUT2D eigenvalue weighted by molar-refractivity contribution is 0.589. The predicted molar refractivity (Wildman–Crippen MR) is 267 cm³/mol. The number of para-hydroxylation sites is 2. The largest absolute Gasteiger partial charge is 0.616 e. The van der Waals surface area contributed by atoms with Gasteiger partial charge in [0.2, 0.25) is 39.3 Å². The zero-order chi connectivity index (χ0) is 48.8. The summed E-state index contributed by atoms with van der Waals surface area (Å²) in [7, 11) is -17.8. The van der Waals surface area contributed by atoms with E-state index in [1.54, 1.807) is 72.8 Å². The van der Waals surface area contributed by atoms with Gasteiger partial charge in [-0.2, -0.15) is 0 Å². The van der Waals surface area contributed by atoms with E-state index >= 15 is 10.4 Å². The second-order valence-corrected chi connectivity index (χ2v) is 24.5. The van der Waals surface area contributed by atoms with Crippen LogP contribution in [0.1, 0.15) is 0 Å². The van der Waals surface area contributed by atoms with Crippen molar-refractivity contribution in [2.75, 3.05) is 0 Å². The van der Waals surface area contributed by atoms with E-state index in [1.807, 2.05) is 0 Å². The first-order valence-electron chi connectivity index (χ1n) is 21.6. The molecule has 0 radical (unpaired) electrons. The lowest BCUT2D eigenvalue weighted by Crippen LogP contribution is -2.31. The molecule has 2 aliphatic rings. The van der Waals surface area contributed by atoms with Crippen molar-refractivity contribution in [2.45, 2.75) is 39.2 Å². The van der Waals surface area contributed by atoms with E-state index in [0.29, 0.717) is 11.1 Å². The van der Waals surface area contributed by atoms with Crippen LogP contribution < -0.4 is 9.29 Å².